The van der Waals surface area contributed by atoms with Crippen LogP contribution < -0.4 is 4.90 Å². The lowest BCUT2D eigenvalue weighted by Crippen LogP contribution is -2.21. The Morgan fingerprint density at radius 2 is 1.62 bits per heavy atom. The number of anilines is 1. The van der Waals surface area contributed by atoms with Crippen molar-refractivity contribution >= 4 is 28.4 Å². The summed E-state index contributed by atoms with van der Waals surface area (Å²) in [5.74, 6) is 0.247. The zero-order valence-corrected chi connectivity index (χ0v) is 14.1. The molecule has 0 aliphatic heterocycles. The van der Waals surface area contributed by atoms with E-state index in [1.54, 1.807) is 12.3 Å². The minimum atomic E-state index is 0.247. The van der Waals surface area contributed by atoms with Crippen molar-refractivity contribution in [2.45, 2.75) is 13.8 Å². The second kappa shape index (κ2) is 7.18. The summed E-state index contributed by atoms with van der Waals surface area (Å²) in [6, 6.07) is 19.8. The van der Waals surface area contributed by atoms with Gasteiger partial charge in [0.05, 0.1) is 5.69 Å². The topological polar surface area (TPSA) is 35.8 Å². The van der Waals surface area contributed by atoms with Crippen LogP contribution >= 0.6 is 0 Å². The van der Waals surface area contributed by atoms with Gasteiger partial charge in [0.2, 0.25) is 0 Å². The lowest BCUT2D eigenvalue weighted by Gasteiger charge is -2.20. The molecule has 3 nitrogen and oxygen atoms in total. The Labute approximate surface area is 142 Å². The number of phenolic OH excluding ortho intramolecular Hbond substituents is 1. The van der Waals surface area contributed by atoms with E-state index in [1.807, 2.05) is 42.5 Å². The molecule has 0 spiro atoms. The van der Waals surface area contributed by atoms with Gasteiger partial charge in [-0.3, -0.25) is 4.99 Å². The number of aliphatic imine (C=N–C) groups is 1. The molecule has 0 radical (unpaired) electrons. The maximum absolute atomic E-state index is 10.2. The SMILES string of the molecule is CCN(CC)c1ccc(N=Cc2c(O)ccc3ccccc23)cc1. The molecule has 0 saturated carbocycles. The molecule has 0 aromatic heterocycles. The molecule has 0 atom stereocenters. The van der Waals surface area contributed by atoms with Crippen molar-refractivity contribution in [1.29, 1.82) is 0 Å². The zero-order chi connectivity index (χ0) is 16.9. The van der Waals surface area contributed by atoms with E-state index in [4.69, 9.17) is 0 Å². The zero-order valence-electron chi connectivity index (χ0n) is 14.1. The third-order valence-electron chi connectivity index (χ3n) is 4.27. The van der Waals surface area contributed by atoms with E-state index in [9.17, 15) is 5.11 Å². The molecule has 1 N–H and O–H groups in total. The largest absolute Gasteiger partial charge is 0.507 e. The van der Waals surface area contributed by atoms with Crippen LogP contribution in [0.15, 0.2) is 65.7 Å². The van der Waals surface area contributed by atoms with Crippen molar-refractivity contribution in [3.8, 4) is 5.75 Å². The highest BCUT2D eigenvalue weighted by Gasteiger charge is 2.04. The van der Waals surface area contributed by atoms with Gasteiger partial charge in [0.25, 0.3) is 0 Å². The molecule has 24 heavy (non-hydrogen) atoms. The second-order valence-corrected chi connectivity index (χ2v) is 5.67. The predicted molar refractivity (Wildman–Crippen MR) is 103 cm³/mol. The molecule has 122 valence electrons. The van der Waals surface area contributed by atoms with E-state index >= 15 is 0 Å². The number of fused-ring (bicyclic) bond motifs is 1. The van der Waals surface area contributed by atoms with Crippen LogP contribution in [0.25, 0.3) is 10.8 Å². The number of phenols is 1. The van der Waals surface area contributed by atoms with Crippen molar-refractivity contribution < 1.29 is 5.11 Å². The van der Waals surface area contributed by atoms with Crippen LogP contribution in [0.3, 0.4) is 0 Å². The van der Waals surface area contributed by atoms with Crippen molar-refractivity contribution in [2.24, 2.45) is 4.99 Å². The number of nitrogens with zero attached hydrogens (tertiary/aromatic N) is 2. The molecule has 0 heterocycles. The van der Waals surface area contributed by atoms with E-state index in [2.05, 4.69) is 35.9 Å². The normalized spacial score (nSPS) is 11.2. The molecule has 3 aromatic rings. The minimum absolute atomic E-state index is 0.247. The van der Waals surface area contributed by atoms with Crippen molar-refractivity contribution in [3.05, 3.63) is 66.2 Å². The first kappa shape index (κ1) is 16.1. The highest BCUT2D eigenvalue weighted by molar-refractivity contribution is 6.02. The molecule has 3 heteroatoms. The molecule has 0 aliphatic carbocycles. The Bertz CT molecular complexity index is 849. The van der Waals surface area contributed by atoms with Gasteiger partial charge in [0, 0.05) is 30.6 Å². The summed E-state index contributed by atoms with van der Waals surface area (Å²) in [7, 11) is 0. The third-order valence-corrected chi connectivity index (χ3v) is 4.27. The van der Waals surface area contributed by atoms with E-state index in [1.165, 1.54) is 5.69 Å². The van der Waals surface area contributed by atoms with Crippen LogP contribution in [-0.4, -0.2) is 24.4 Å². The van der Waals surface area contributed by atoms with Gasteiger partial charge in [-0.2, -0.15) is 0 Å². The Hall–Kier alpha value is -2.81. The van der Waals surface area contributed by atoms with Crippen LogP contribution in [0.1, 0.15) is 19.4 Å². The van der Waals surface area contributed by atoms with Gasteiger partial charge in [0.1, 0.15) is 5.75 Å². The van der Waals surface area contributed by atoms with Gasteiger partial charge in [0.15, 0.2) is 0 Å². The summed E-state index contributed by atoms with van der Waals surface area (Å²) in [6.45, 7) is 6.28. The first-order chi connectivity index (χ1) is 11.7. The Morgan fingerprint density at radius 1 is 0.917 bits per heavy atom. The van der Waals surface area contributed by atoms with Crippen LogP contribution in [0.2, 0.25) is 0 Å². The summed E-state index contributed by atoms with van der Waals surface area (Å²) in [5, 5.41) is 12.3. The molecule has 0 bridgehead atoms. The number of benzene rings is 3. The monoisotopic (exact) mass is 318 g/mol. The summed E-state index contributed by atoms with van der Waals surface area (Å²) in [4.78, 5) is 6.83. The first-order valence-corrected chi connectivity index (χ1v) is 8.32. The van der Waals surface area contributed by atoms with E-state index in [0.717, 1.165) is 35.1 Å². The number of hydrogen-bond donors (Lipinski definition) is 1. The van der Waals surface area contributed by atoms with E-state index in [0.29, 0.717) is 0 Å². The summed E-state index contributed by atoms with van der Waals surface area (Å²) >= 11 is 0. The molecular formula is C21H22N2O. The maximum Gasteiger partial charge on any atom is 0.124 e. The van der Waals surface area contributed by atoms with E-state index < -0.39 is 0 Å². The number of rotatable bonds is 5. The number of aromatic hydroxyl groups is 1. The fourth-order valence-electron chi connectivity index (χ4n) is 2.90. The van der Waals surface area contributed by atoms with Gasteiger partial charge in [-0.05, 0) is 55.0 Å². The van der Waals surface area contributed by atoms with Crippen LogP contribution in [-0.2, 0) is 0 Å². The molecule has 0 amide bonds. The molecule has 3 aromatic carbocycles. The minimum Gasteiger partial charge on any atom is -0.507 e. The molecule has 0 fully saturated rings. The van der Waals surface area contributed by atoms with Gasteiger partial charge in [-0.1, -0.05) is 30.3 Å². The predicted octanol–water partition coefficient (Wildman–Crippen LogP) is 5.14. The molecule has 0 aliphatic rings. The maximum atomic E-state index is 10.2. The third kappa shape index (κ3) is 3.25. The van der Waals surface area contributed by atoms with Gasteiger partial charge < -0.3 is 10.0 Å². The quantitative estimate of drug-likeness (QED) is 0.661. The van der Waals surface area contributed by atoms with Crippen LogP contribution in [0.5, 0.6) is 5.75 Å². The fraction of sp³-hybridized carbons (Fsp3) is 0.190. The standard InChI is InChI=1S/C21H22N2O/c1-3-23(4-2)18-12-10-17(11-13-18)22-15-20-19-8-6-5-7-16(19)9-14-21(20)24/h5-15,24H,3-4H2,1-2H3. The second-order valence-electron chi connectivity index (χ2n) is 5.67. The Morgan fingerprint density at radius 3 is 2.33 bits per heavy atom. The molecule has 0 saturated heterocycles. The molecule has 3 rings (SSSR count). The van der Waals surface area contributed by atoms with Gasteiger partial charge >= 0.3 is 0 Å². The lowest BCUT2D eigenvalue weighted by atomic mass is 10.0. The summed E-state index contributed by atoms with van der Waals surface area (Å²) in [6.07, 6.45) is 1.74. The first-order valence-electron chi connectivity index (χ1n) is 8.32. The smallest absolute Gasteiger partial charge is 0.124 e. The average molecular weight is 318 g/mol. The average Bonchev–Trinajstić information content (AvgIpc) is 2.63. The van der Waals surface area contributed by atoms with E-state index in [-0.39, 0.29) is 5.75 Å². The van der Waals surface area contributed by atoms with Gasteiger partial charge in [-0.15, -0.1) is 0 Å². The highest BCUT2D eigenvalue weighted by Crippen LogP contribution is 2.26. The fourth-order valence-corrected chi connectivity index (χ4v) is 2.90. The lowest BCUT2D eigenvalue weighted by molar-refractivity contribution is 0.475. The van der Waals surface area contributed by atoms with Gasteiger partial charge in [-0.25, -0.2) is 0 Å². The summed E-state index contributed by atoms with van der Waals surface area (Å²) < 4.78 is 0. The highest BCUT2D eigenvalue weighted by atomic mass is 16.3. The van der Waals surface area contributed by atoms with Crippen molar-refractivity contribution in [2.75, 3.05) is 18.0 Å². The Kier molecular flexibility index (Phi) is 4.80. The number of hydrogen-bond acceptors (Lipinski definition) is 3. The Balaban J connectivity index is 1.90. The van der Waals surface area contributed by atoms with Crippen LogP contribution in [0, 0.1) is 0 Å². The molecular weight excluding hydrogens is 296 g/mol. The van der Waals surface area contributed by atoms with Crippen molar-refractivity contribution in [1.82, 2.24) is 0 Å². The summed E-state index contributed by atoms with van der Waals surface area (Å²) in [5.41, 5.74) is 2.83. The molecule has 0 unspecified atom stereocenters. The van der Waals surface area contributed by atoms with Crippen LogP contribution in [0.4, 0.5) is 11.4 Å². The van der Waals surface area contributed by atoms with Crippen molar-refractivity contribution in [3.63, 3.8) is 0 Å².